The maximum absolute atomic E-state index is 5.96. The lowest BCUT2D eigenvalue weighted by molar-refractivity contribution is 0.159. The number of rotatable bonds is 2. The van der Waals surface area contributed by atoms with Crippen LogP contribution in [0.5, 0.6) is 5.88 Å². The second-order valence-corrected chi connectivity index (χ2v) is 4.69. The number of para-hydroxylation sites is 2. The average molecular weight is 243 g/mol. The second kappa shape index (κ2) is 4.90. The zero-order chi connectivity index (χ0) is 12.4. The third-order valence-corrected chi connectivity index (χ3v) is 3.23. The van der Waals surface area contributed by atoms with Gasteiger partial charge in [0.2, 0.25) is 5.88 Å². The van der Waals surface area contributed by atoms with Crippen LogP contribution in [0.3, 0.4) is 0 Å². The summed E-state index contributed by atoms with van der Waals surface area (Å²) in [6.07, 6.45) is 2.46. The van der Waals surface area contributed by atoms with Crippen molar-refractivity contribution in [2.45, 2.75) is 25.9 Å². The highest BCUT2D eigenvalue weighted by molar-refractivity contribution is 5.74. The number of nitrogens with zero attached hydrogens (tertiary/aromatic N) is 2. The first-order valence-corrected chi connectivity index (χ1v) is 6.44. The molecule has 1 aliphatic rings. The van der Waals surface area contributed by atoms with Gasteiger partial charge in [-0.25, -0.2) is 9.97 Å². The van der Waals surface area contributed by atoms with E-state index in [2.05, 4.69) is 15.3 Å². The van der Waals surface area contributed by atoms with Crippen LogP contribution in [0.25, 0.3) is 11.0 Å². The van der Waals surface area contributed by atoms with Crippen molar-refractivity contribution in [3.8, 4) is 5.88 Å². The zero-order valence-corrected chi connectivity index (χ0v) is 10.5. The summed E-state index contributed by atoms with van der Waals surface area (Å²) in [6.45, 7) is 3.93. The van der Waals surface area contributed by atoms with Gasteiger partial charge < -0.3 is 10.1 Å². The van der Waals surface area contributed by atoms with Crippen molar-refractivity contribution in [3.05, 3.63) is 30.0 Å². The zero-order valence-electron chi connectivity index (χ0n) is 10.5. The van der Waals surface area contributed by atoms with E-state index in [0.717, 1.165) is 42.7 Å². The van der Waals surface area contributed by atoms with Crippen molar-refractivity contribution in [3.63, 3.8) is 0 Å². The predicted molar refractivity (Wildman–Crippen MR) is 70.8 cm³/mol. The standard InChI is InChI=1S/C14H17N3O/c1-10-14(18-11-5-4-8-15-9-11)17-13-7-3-2-6-12(13)16-10/h2-3,6-7,11,15H,4-5,8-9H2,1H3/t11-/m0/s1. The van der Waals surface area contributed by atoms with Gasteiger partial charge in [-0.2, -0.15) is 0 Å². The van der Waals surface area contributed by atoms with Crippen LogP contribution in [0, 0.1) is 6.92 Å². The average Bonchev–Trinajstić information content (AvgIpc) is 2.41. The molecule has 0 amide bonds. The maximum Gasteiger partial charge on any atom is 0.236 e. The van der Waals surface area contributed by atoms with Gasteiger partial charge in [-0.05, 0) is 38.4 Å². The summed E-state index contributed by atoms with van der Waals surface area (Å²) in [5.41, 5.74) is 2.67. The molecule has 2 heterocycles. The quantitative estimate of drug-likeness (QED) is 0.877. The van der Waals surface area contributed by atoms with Crippen molar-refractivity contribution in [1.82, 2.24) is 15.3 Å². The SMILES string of the molecule is Cc1nc2ccccc2nc1O[C@H]1CCCNC1. The van der Waals surface area contributed by atoms with E-state index in [0.29, 0.717) is 5.88 Å². The summed E-state index contributed by atoms with van der Waals surface area (Å²) >= 11 is 0. The van der Waals surface area contributed by atoms with Gasteiger partial charge >= 0.3 is 0 Å². The van der Waals surface area contributed by atoms with E-state index in [1.807, 2.05) is 31.2 Å². The monoisotopic (exact) mass is 243 g/mol. The molecule has 18 heavy (non-hydrogen) atoms. The molecule has 1 fully saturated rings. The van der Waals surface area contributed by atoms with Crippen molar-refractivity contribution in [2.75, 3.05) is 13.1 Å². The summed E-state index contributed by atoms with van der Waals surface area (Å²) in [7, 11) is 0. The first-order chi connectivity index (χ1) is 8.83. The molecule has 1 aromatic heterocycles. The minimum atomic E-state index is 0.216. The van der Waals surface area contributed by atoms with E-state index >= 15 is 0 Å². The van der Waals surface area contributed by atoms with Crippen LogP contribution in [0.1, 0.15) is 18.5 Å². The molecule has 0 spiro atoms. The molecule has 1 aliphatic heterocycles. The van der Waals surface area contributed by atoms with Crippen LogP contribution >= 0.6 is 0 Å². The fourth-order valence-electron chi connectivity index (χ4n) is 2.26. The number of aryl methyl sites for hydroxylation is 1. The smallest absolute Gasteiger partial charge is 0.236 e. The molecule has 0 saturated carbocycles. The van der Waals surface area contributed by atoms with Gasteiger partial charge in [0.25, 0.3) is 0 Å². The van der Waals surface area contributed by atoms with E-state index in [1.165, 1.54) is 0 Å². The van der Waals surface area contributed by atoms with Gasteiger partial charge in [-0.15, -0.1) is 0 Å². The normalized spacial score (nSPS) is 19.9. The lowest BCUT2D eigenvalue weighted by atomic mass is 10.1. The number of fused-ring (bicyclic) bond motifs is 1. The molecule has 94 valence electrons. The molecule has 0 aliphatic carbocycles. The number of piperidine rings is 1. The van der Waals surface area contributed by atoms with Crippen molar-refractivity contribution < 1.29 is 4.74 Å². The molecule has 0 radical (unpaired) electrons. The van der Waals surface area contributed by atoms with Crippen LogP contribution < -0.4 is 10.1 Å². The molecule has 4 heteroatoms. The van der Waals surface area contributed by atoms with E-state index in [4.69, 9.17) is 4.74 Å². The number of hydrogen-bond acceptors (Lipinski definition) is 4. The maximum atomic E-state index is 5.96. The Bertz CT molecular complexity index is 550. The molecule has 2 aromatic rings. The van der Waals surface area contributed by atoms with Gasteiger partial charge in [-0.1, -0.05) is 12.1 Å². The molecule has 1 atom stereocenters. The Balaban J connectivity index is 1.88. The first kappa shape index (κ1) is 11.4. The van der Waals surface area contributed by atoms with Crippen molar-refractivity contribution >= 4 is 11.0 Å². The number of hydrogen-bond donors (Lipinski definition) is 1. The molecule has 1 N–H and O–H groups in total. The summed E-state index contributed by atoms with van der Waals surface area (Å²) in [5, 5.41) is 3.34. The van der Waals surface area contributed by atoms with Crippen LogP contribution in [0.15, 0.2) is 24.3 Å². The van der Waals surface area contributed by atoms with Crippen LogP contribution in [-0.4, -0.2) is 29.2 Å². The van der Waals surface area contributed by atoms with E-state index in [1.54, 1.807) is 0 Å². The molecular formula is C14H17N3O. The van der Waals surface area contributed by atoms with Crippen molar-refractivity contribution in [2.24, 2.45) is 0 Å². The van der Waals surface area contributed by atoms with E-state index < -0.39 is 0 Å². The Labute approximate surface area is 106 Å². The minimum absolute atomic E-state index is 0.216. The molecule has 1 saturated heterocycles. The molecule has 3 rings (SSSR count). The van der Waals surface area contributed by atoms with E-state index in [-0.39, 0.29) is 6.10 Å². The lowest BCUT2D eigenvalue weighted by Crippen LogP contribution is -2.37. The molecule has 1 aromatic carbocycles. The van der Waals surface area contributed by atoms with Gasteiger partial charge in [0.05, 0.1) is 11.0 Å². The van der Waals surface area contributed by atoms with Gasteiger partial charge in [-0.3, -0.25) is 0 Å². The van der Waals surface area contributed by atoms with Crippen LogP contribution in [-0.2, 0) is 0 Å². The Kier molecular flexibility index (Phi) is 3.11. The van der Waals surface area contributed by atoms with Gasteiger partial charge in [0.1, 0.15) is 11.8 Å². The van der Waals surface area contributed by atoms with E-state index in [9.17, 15) is 0 Å². The highest BCUT2D eigenvalue weighted by Crippen LogP contribution is 2.20. The topological polar surface area (TPSA) is 47.0 Å². The Morgan fingerprint density at radius 2 is 2.00 bits per heavy atom. The lowest BCUT2D eigenvalue weighted by Gasteiger charge is -2.23. The second-order valence-electron chi connectivity index (χ2n) is 4.69. The first-order valence-electron chi connectivity index (χ1n) is 6.44. The number of benzene rings is 1. The Morgan fingerprint density at radius 3 is 2.72 bits per heavy atom. The third kappa shape index (κ3) is 2.29. The highest BCUT2D eigenvalue weighted by Gasteiger charge is 2.16. The highest BCUT2D eigenvalue weighted by atomic mass is 16.5. The minimum Gasteiger partial charge on any atom is -0.472 e. The van der Waals surface area contributed by atoms with Crippen molar-refractivity contribution in [1.29, 1.82) is 0 Å². The molecule has 4 nitrogen and oxygen atoms in total. The largest absolute Gasteiger partial charge is 0.472 e. The molecular weight excluding hydrogens is 226 g/mol. The summed E-state index contributed by atoms with van der Waals surface area (Å²) in [5.74, 6) is 0.669. The Morgan fingerprint density at radius 1 is 1.22 bits per heavy atom. The third-order valence-electron chi connectivity index (χ3n) is 3.23. The number of nitrogens with one attached hydrogen (secondary N) is 1. The molecule has 0 bridgehead atoms. The predicted octanol–water partition coefficient (Wildman–Crippen LogP) is 2.07. The number of aromatic nitrogens is 2. The summed E-state index contributed by atoms with van der Waals surface area (Å²) in [6, 6.07) is 7.88. The summed E-state index contributed by atoms with van der Waals surface area (Å²) < 4.78 is 5.96. The summed E-state index contributed by atoms with van der Waals surface area (Å²) in [4.78, 5) is 9.09. The number of ether oxygens (including phenoxy) is 1. The fourth-order valence-corrected chi connectivity index (χ4v) is 2.26. The fraction of sp³-hybridized carbons (Fsp3) is 0.429. The van der Waals surface area contributed by atoms with Crippen LogP contribution in [0.2, 0.25) is 0 Å². The van der Waals surface area contributed by atoms with Crippen LogP contribution in [0.4, 0.5) is 0 Å². The Hall–Kier alpha value is -1.68. The van der Waals surface area contributed by atoms with Gasteiger partial charge in [0.15, 0.2) is 0 Å². The van der Waals surface area contributed by atoms with Gasteiger partial charge in [0, 0.05) is 6.54 Å². The molecule has 0 unspecified atom stereocenters.